The predicted molar refractivity (Wildman–Crippen MR) is 180 cm³/mol. The number of nitrogens with one attached hydrogen (secondary N) is 1. The summed E-state index contributed by atoms with van der Waals surface area (Å²) < 4.78 is 12.1. The molecule has 10 heteroatoms. The number of rotatable bonds is 8. The molecule has 1 spiro atoms. The second-order valence-corrected chi connectivity index (χ2v) is 12.3. The van der Waals surface area contributed by atoms with Gasteiger partial charge in [0.15, 0.2) is 0 Å². The molecule has 2 fully saturated rings. The summed E-state index contributed by atoms with van der Waals surface area (Å²) >= 11 is 0. The monoisotopic (exact) mass is 657 g/mol. The maximum atomic E-state index is 14.8. The second-order valence-electron chi connectivity index (χ2n) is 12.3. The molecule has 3 aliphatic heterocycles. The van der Waals surface area contributed by atoms with Gasteiger partial charge in [0.2, 0.25) is 11.8 Å². The third-order valence-corrected chi connectivity index (χ3v) is 9.62. The first kappa shape index (κ1) is 32.1. The van der Waals surface area contributed by atoms with Crippen LogP contribution in [0, 0.1) is 17.8 Å². The molecule has 248 valence electrons. The molecule has 3 aliphatic rings. The number of carbonyl (C=O) groups excluding carboxylic acids is 3. The fraction of sp³-hybridized carbons (Fsp3) is 0.256. The maximum Gasteiger partial charge on any atom is 0.324 e. The van der Waals surface area contributed by atoms with E-state index in [2.05, 4.69) is 17.2 Å². The summed E-state index contributed by atoms with van der Waals surface area (Å²) in [4.78, 5) is 45.1. The zero-order valence-electron chi connectivity index (χ0n) is 26.5. The van der Waals surface area contributed by atoms with Gasteiger partial charge in [0, 0.05) is 17.7 Å². The molecule has 10 nitrogen and oxygen atoms in total. The number of ether oxygens (including phenoxy) is 2. The molecule has 4 aromatic rings. The maximum absolute atomic E-state index is 14.8. The van der Waals surface area contributed by atoms with Gasteiger partial charge in [-0.3, -0.25) is 19.3 Å². The molecule has 5 N–H and O–H groups in total. The van der Waals surface area contributed by atoms with Crippen molar-refractivity contribution in [3.63, 3.8) is 0 Å². The third-order valence-electron chi connectivity index (χ3n) is 9.62. The molecule has 0 bridgehead atoms. The molecule has 3 heterocycles. The predicted octanol–water partition coefficient (Wildman–Crippen LogP) is 3.55. The summed E-state index contributed by atoms with van der Waals surface area (Å²) in [7, 11) is 0. The van der Waals surface area contributed by atoms with Crippen LogP contribution in [0.5, 0.6) is 5.75 Å². The summed E-state index contributed by atoms with van der Waals surface area (Å²) in [6.07, 6.45) is -0.541. The minimum absolute atomic E-state index is 0.0454. The van der Waals surface area contributed by atoms with Gasteiger partial charge in [-0.2, -0.15) is 0 Å². The average molecular weight is 658 g/mol. The Labute approximate surface area is 283 Å². The number of hydrogen-bond acceptors (Lipinski definition) is 8. The first-order valence-electron chi connectivity index (χ1n) is 16.2. The van der Waals surface area contributed by atoms with Gasteiger partial charge in [0.25, 0.3) is 0 Å². The van der Waals surface area contributed by atoms with E-state index in [0.29, 0.717) is 28.1 Å². The Morgan fingerprint density at radius 1 is 0.878 bits per heavy atom. The number of nitrogens with zero attached hydrogens (tertiary/aromatic N) is 1. The average Bonchev–Trinajstić information content (AvgIpc) is 3.60. The number of anilines is 1. The molecule has 0 saturated carbocycles. The van der Waals surface area contributed by atoms with Gasteiger partial charge in [0.05, 0.1) is 31.2 Å². The van der Waals surface area contributed by atoms with Crippen molar-refractivity contribution in [1.82, 2.24) is 4.90 Å². The Morgan fingerprint density at radius 2 is 1.59 bits per heavy atom. The number of aliphatic hydroxyl groups is 2. The topological polar surface area (TPSA) is 151 Å². The van der Waals surface area contributed by atoms with Crippen LogP contribution in [0.4, 0.5) is 5.69 Å². The number of hydrogen-bond donors (Lipinski definition) is 4. The molecule has 6 atom stereocenters. The number of benzene rings is 4. The number of carbonyl (C=O) groups is 3. The van der Waals surface area contributed by atoms with Crippen LogP contribution in [0.3, 0.4) is 0 Å². The molecule has 0 radical (unpaired) electrons. The normalized spacial score (nSPS) is 25.5. The summed E-state index contributed by atoms with van der Waals surface area (Å²) in [6.45, 7) is -0.263. The van der Waals surface area contributed by atoms with E-state index in [9.17, 15) is 24.6 Å². The lowest BCUT2D eigenvalue weighted by molar-refractivity contribution is -0.178. The van der Waals surface area contributed by atoms with E-state index in [0.717, 1.165) is 11.1 Å². The van der Waals surface area contributed by atoms with Crippen LogP contribution in [-0.2, 0) is 24.5 Å². The first-order chi connectivity index (χ1) is 23.9. The van der Waals surface area contributed by atoms with Gasteiger partial charge >= 0.3 is 5.97 Å². The number of cyclic esters (lactones) is 1. The zero-order chi connectivity index (χ0) is 34.1. The molecule has 49 heavy (non-hydrogen) atoms. The number of primary amides is 1. The van der Waals surface area contributed by atoms with E-state index in [1.54, 1.807) is 36.4 Å². The lowest BCUT2D eigenvalue weighted by Crippen LogP contribution is -2.53. The molecule has 0 aromatic heterocycles. The Hall–Kier alpha value is -5.47. The van der Waals surface area contributed by atoms with Crippen molar-refractivity contribution in [2.24, 2.45) is 11.7 Å². The van der Waals surface area contributed by atoms with Crippen LogP contribution in [0.15, 0.2) is 103 Å². The van der Waals surface area contributed by atoms with Gasteiger partial charge in [-0.15, -0.1) is 0 Å². The minimum atomic E-state index is -1.70. The lowest BCUT2D eigenvalue weighted by atomic mass is 9.65. The molecular formula is C39H35N3O7. The summed E-state index contributed by atoms with van der Waals surface area (Å²) in [5.74, 6) is 3.09. The van der Waals surface area contributed by atoms with E-state index in [-0.39, 0.29) is 26.2 Å². The molecule has 6 unspecified atom stereocenters. The summed E-state index contributed by atoms with van der Waals surface area (Å²) in [5, 5.41) is 21.8. The standard InChI is InChI=1S/C39H35N3O7/c40-36(45)31-33-37(46)49-34(26-13-5-2-6-14-26)32(25-11-3-1-4-12-25)42(33)35(27-15-9-16-28(23-27)48-21-20-44)39(31)29-22-24(10-7-8-19-43)17-18-30(29)41-38(39)47/h1-6,9,11-18,22-23,31-35,43-44H,8,19-21H2,(H2,40,45)(H,41,47). The fourth-order valence-electron chi connectivity index (χ4n) is 7.86. The Balaban J connectivity index is 1.54. The van der Waals surface area contributed by atoms with Gasteiger partial charge < -0.3 is 30.7 Å². The van der Waals surface area contributed by atoms with Gasteiger partial charge in [0.1, 0.15) is 29.9 Å². The van der Waals surface area contributed by atoms with Crippen molar-refractivity contribution < 1.29 is 34.1 Å². The van der Waals surface area contributed by atoms with E-state index in [1.165, 1.54) is 0 Å². The molecular weight excluding hydrogens is 622 g/mol. The van der Waals surface area contributed by atoms with Crippen LogP contribution < -0.4 is 15.8 Å². The highest BCUT2D eigenvalue weighted by Crippen LogP contribution is 2.64. The van der Waals surface area contributed by atoms with E-state index < -0.39 is 53.3 Å². The number of fused-ring (bicyclic) bond motifs is 3. The van der Waals surface area contributed by atoms with Gasteiger partial charge in [-0.1, -0.05) is 84.6 Å². The van der Waals surface area contributed by atoms with Gasteiger partial charge in [-0.05, 0) is 52.6 Å². The van der Waals surface area contributed by atoms with Crippen LogP contribution in [0.2, 0.25) is 0 Å². The van der Waals surface area contributed by atoms with Crippen LogP contribution in [0.25, 0.3) is 0 Å². The summed E-state index contributed by atoms with van der Waals surface area (Å²) in [5.41, 5.74) is 8.27. The fourth-order valence-corrected chi connectivity index (χ4v) is 7.86. The number of nitrogens with two attached hydrogens (primary N) is 1. The van der Waals surface area contributed by atoms with Crippen molar-refractivity contribution in [2.75, 3.05) is 25.1 Å². The Bertz CT molecular complexity index is 1960. The largest absolute Gasteiger partial charge is 0.491 e. The van der Waals surface area contributed by atoms with Crippen molar-refractivity contribution in [3.8, 4) is 17.6 Å². The number of amides is 2. The van der Waals surface area contributed by atoms with E-state index >= 15 is 0 Å². The molecule has 4 aromatic carbocycles. The number of aliphatic hydroxyl groups excluding tert-OH is 2. The van der Waals surface area contributed by atoms with Crippen LogP contribution in [-0.4, -0.2) is 58.8 Å². The Kier molecular flexibility index (Phi) is 8.65. The Morgan fingerprint density at radius 3 is 2.29 bits per heavy atom. The van der Waals surface area contributed by atoms with Crippen molar-refractivity contribution in [1.29, 1.82) is 0 Å². The first-order valence-corrected chi connectivity index (χ1v) is 16.2. The van der Waals surface area contributed by atoms with Crippen molar-refractivity contribution in [2.45, 2.75) is 36.1 Å². The minimum Gasteiger partial charge on any atom is -0.491 e. The highest BCUT2D eigenvalue weighted by atomic mass is 16.6. The summed E-state index contributed by atoms with van der Waals surface area (Å²) in [6, 6.07) is 28.5. The molecule has 7 rings (SSSR count). The van der Waals surface area contributed by atoms with Crippen LogP contribution in [0.1, 0.15) is 52.4 Å². The SMILES string of the molecule is NC(=O)C1C2C(=O)OC(c3ccccc3)C(c3ccccc3)N2C(c2cccc(OCCO)c2)C12C(=O)Nc1ccc(C#CCCO)cc12. The van der Waals surface area contributed by atoms with E-state index in [4.69, 9.17) is 15.2 Å². The smallest absolute Gasteiger partial charge is 0.324 e. The number of morpholine rings is 1. The second kappa shape index (κ2) is 13.2. The number of esters is 1. The van der Waals surface area contributed by atoms with Crippen LogP contribution >= 0.6 is 0 Å². The third kappa shape index (κ3) is 5.33. The molecule has 2 amide bonds. The highest BCUT2D eigenvalue weighted by Gasteiger charge is 2.73. The van der Waals surface area contributed by atoms with Gasteiger partial charge in [-0.25, -0.2) is 0 Å². The highest BCUT2D eigenvalue weighted by molar-refractivity contribution is 6.12. The lowest BCUT2D eigenvalue weighted by Gasteiger charge is -2.46. The van der Waals surface area contributed by atoms with Crippen molar-refractivity contribution >= 4 is 23.5 Å². The molecule has 2 saturated heterocycles. The quantitative estimate of drug-likeness (QED) is 0.166. The molecule has 0 aliphatic carbocycles. The van der Waals surface area contributed by atoms with E-state index in [1.807, 2.05) is 71.6 Å². The zero-order valence-corrected chi connectivity index (χ0v) is 26.5. The van der Waals surface area contributed by atoms with Crippen molar-refractivity contribution in [3.05, 3.63) is 131 Å².